The van der Waals surface area contributed by atoms with Gasteiger partial charge in [0.1, 0.15) is 0 Å². The highest BCUT2D eigenvalue weighted by Crippen LogP contribution is 2.09. The molecular formula is C10H22N2O. The van der Waals surface area contributed by atoms with Gasteiger partial charge in [-0.2, -0.15) is 0 Å². The Labute approximate surface area is 81.2 Å². The zero-order valence-corrected chi connectivity index (χ0v) is 8.83. The van der Waals surface area contributed by atoms with Crippen LogP contribution < -0.4 is 5.73 Å². The molecule has 0 aliphatic carbocycles. The van der Waals surface area contributed by atoms with Crippen LogP contribution in [0.15, 0.2) is 0 Å². The zero-order chi connectivity index (χ0) is 9.68. The van der Waals surface area contributed by atoms with E-state index in [-0.39, 0.29) is 0 Å². The van der Waals surface area contributed by atoms with Crippen molar-refractivity contribution in [2.24, 2.45) is 11.7 Å². The molecule has 3 nitrogen and oxygen atoms in total. The van der Waals surface area contributed by atoms with E-state index in [1.807, 2.05) is 0 Å². The summed E-state index contributed by atoms with van der Waals surface area (Å²) in [7, 11) is 0. The summed E-state index contributed by atoms with van der Waals surface area (Å²) in [5.74, 6) is 0.648. The molecule has 13 heavy (non-hydrogen) atoms. The SMILES string of the molecule is CC(CN)CCN1CCOCC1C. The predicted octanol–water partition coefficient (Wildman–Crippen LogP) is 0.692. The Bertz CT molecular complexity index is 141. The van der Waals surface area contributed by atoms with Gasteiger partial charge in [-0.3, -0.25) is 4.90 Å². The molecule has 0 aromatic carbocycles. The molecule has 1 rings (SSSR count). The van der Waals surface area contributed by atoms with Gasteiger partial charge in [-0.1, -0.05) is 6.92 Å². The fraction of sp³-hybridized carbons (Fsp3) is 1.00. The number of ether oxygens (including phenoxy) is 1. The minimum absolute atomic E-state index is 0.582. The molecule has 2 N–H and O–H groups in total. The van der Waals surface area contributed by atoms with Crippen LogP contribution in [0, 0.1) is 5.92 Å². The van der Waals surface area contributed by atoms with Crippen molar-refractivity contribution in [3.63, 3.8) is 0 Å². The number of hydrogen-bond acceptors (Lipinski definition) is 3. The van der Waals surface area contributed by atoms with Crippen LogP contribution in [0.3, 0.4) is 0 Å². The molecular weight excluding hydrogens is 164 g/mol. The van der Waals surface area contributed by atoms with Crippen molar-refractivity contribution in [2.75, 3.05) is 32.8 Å². The second kappa shape index (κ2) is 5.58. The summed E-state index contributed by atoms with van der Waals surface area (Å²) in [4.78, 5) is 2.50. The van der Waals surface area contributed by atoms with Crippen molar-refractivity contribution in [1.29, 1.82) is 0 Å². The number of rotatable bonds is 4. The first kappa shape index (κ1) is 11.0. The second-order valence-electron chi connectivity index (χ2n) is 4.09. The molecule has 2 atom stereocenters. The highest BCUT2D eigenvalue weighted by atomic mass is 16.5. The average molecular weight is 186 g/mol. The maximum Gasteiger partial charge on any atom is 0.0619 e. The highest BCUT2D eigenvalue weighted by molar-refractivity contribution is 4.71. The lowest BCUT2D eigenvalue weighted by molar-refractivity contribution is -0.00212. The van der Waals surface area contributed by atoms with Crippen LogP contribution in [0.2, 0.25) is 0 Å². The van der Waals surface area contributed by atoms with Crippen molar-refractivity contribution in [3.8, 4) is 0 Å². The van der Waals surface area contributed by atoms with E-state index in [1.54, 1.807) is 0 Å². The zero-order valence-electron chi connectivity index (χ0n) is 8.83. The number of hydrogen-bond donors (Lipinski definition) is 1. The molecule has 0 aromatic rings. The number of morpholine rings is 1. The third kappa shape index (κ3) is 3.63. The second-order valence-corrected chi connectivity index (χ2v) is 4.09. The van der Waals surface area contributed by atoms with Gasteiger partial charge in [-0.05, 0) is 32.4 Å². The maximum absolute atomic E-state index is 5.58. The van der Waals surface area contributed by atoms with E-state index in [4.69, 9.17) is 10.5 Å². The first-order chi connectivity index (χ1) is 6.24. The summed E-state index contributed by atoms with van der Waals surface area (Å²) in [6, 6.07) is 0.582. The van der Waals surface area contributed by atoms with Crippen LogP contribution >= 0.6 is 0 Å². The van der Waals surface area contributed by atoms with Crippen molar-refractivity contribution in [3.05, 3.63) is 0 Å². The fourth-order valence-corrected chi connectivity index (χ4v) is 1.60. The lowest BCUT2D eigenvalue weighted by atomic mass is 10.1. The maximum atomic E-state index is 5.58. The molecule has 1 aliphatic rings. The summed E-state index contributed by atoms with van der Waals surface area (Å²) in [5.41, 5.74) is 5.58. The largest absolute Gasteiger partial charge is 0.379 e. The Morgan fingerprint density at radius 1 is 1.62 bits per heavy atom. The minimum Gasteiger partial charge on any atom is -0.379 e. The van der Waals surface area contributed by atoms with Crippen molar-refractivity contribution >= 4 is 0 Å². The molecule has 1 heterocycles. The molecule has 0 radical (unpaired) electrons. The fourth-order valence-electron chi connectivity index (χ4n) is 1.60. The van der Waals surface area contributed by atoms with E-state index in [0.717, 1.165) is 26.3 Å². The Kier molecular flexibility index (Phi) is 4.70. The molecule has 1 fully saturated rings. The molecule has 0 bridgehead atoms. The van der Waals surface area contributed by atoms with Gasteiger partial charge in [-0.15, -0.1) is 0 Å². The van der Waals surface area contributed by atoms with Crippen LogP contribution in [0.4, 0.5) is 0 Å². The summed E-state index contributed by atoms with van der Waals surface area (Å²) < 4.78 is 5.38. The molecule has 1 aliphatic heterocycles. The van der Waals surface area contributed by atoms with Crippen LogP contribution in [0.1, 0.15) is 20.3 Å². The lowest BCUT2D eigenvalue weighted by Crippen LogP contribution is -2.44. The van der Waals surface area contributed by atoms with Gasteiger partial charge >= 0.3 is 0 Å². The van der Waals surface area contributed by atoms with Gasteiger partial charge < -0.3 is 10.5 Å². The van der Waals surface area contributed by atoms with E-state index < -0.39 is 0 Å². The lowest BCUT2D eigenvalue weighted by Gasteiger charge is -2.33. The standard InChI is InChI=1S/C10H22N2O/c1-9(7-11)3-4-12-5-6-13-8-10(12)2/h9-10H,3-8,11H2,1-2H3. The molecule has 0 saturated carbocycles. The Morgan fingerprint density at radius 3 is 3.00 bits per heavy atom. The van der Waals surface area contributed by atoms with Crippen molar-refractivity contribution in [1.82, 2.24) is 4.90 Å². The monoisotopic (exact) mass is 186 g/mol. The first-order valence-electron chi connectivity index (χ1n) is 5.26. The molecule has 2 unspecified atom stereocenters. The van der Waals surface area contributed by atoms with Crippen LogP contribution in [-0.2, 0) is 4.74 Å². The smallest absolute Gasteiger partial charge is 0.0619 e. The van der Waals surface area contributed by atoms with Crippen molar-refractivity contribution in [2.45, 2.75) is 26.3 Å². The summed E-state index contributed by atoms with van der Waals surface area (Å²) in [6.07, 6.45) is 1.21. The molecule has 0 aromatic heterocycles. The predicted molar refractivity (Wildman–Crippen MR) is 54.7 cm³/mol. The summed E-state index contributed by atoms with van der Waals surface area (Å²) in [5, 5.41) is 0. The van der Waals surface area contributed by atoms with E-state index in [1.165, 1.54) is 13.0 Å². The molecule has 3 heteroatoms. The summed E-state index contributed by atoms with van der Waals surface area (Å²) >= 11 is 0. The Hall–Kier alpha value is -0.120. The normalized spacial score (nSPS) is 27.5. The van der Waals surface area contributed by atoms with E-state index >= 15 is 0 Å². The molecule has 0 amide bonds. The molecule has 0 spiro atoms. The van der Waals surface area contributed by atoms with Gasteiger partial charge in [0.05, 0.1) is 13.2 Å². The number of nitrogens with two attached hydrogens (primary N) is 1. The third-order valence-electron chi connectivity index (χ3n) is 2.82. The van der Waals surface area contributed by atoms with Gasteiger partial charge in [0.2, 0.25) is 0 Å². The van der Waals surface area contributed by atoms with Crippen LogP contribution in [-0.4, -0.2) is 43.8 Å². The van der Waals surface area contributed by atoms with E-state index in [0.29, 0.717) is 12.0 Å². The molecule has 78 valence electrons. The van der Waals surface area contributed by atoms with Gasteiger partial charge in [-0.25, -0.2) is 0 Å². The number of nitrogens with zero attached hydrogens (tertiary/aromatic N) is 1. The van der Waals surface area contributed by atoms with Crippen LogP contribution in [0.5, 0.6) is 0 Å². The first-order valence-corrected chi connectivity index (χ1v) is 5.26. The van der Waals surface area contributed by atoms with Gasteiger partial charge in [0.15, 0.2) is 0 Å². The average Bonchev–Trinajstić information content (AvgIpc) is 2.16. The van der Waals surface area contributed by atoms with Crippen LogP contribution in [0.25, 0.3) is 0 Å². The highest BCUT2D eigenvalue weighted by Gasteiger charge is 2.18. The summed E-state index contributed by atoms with van der Waals surface area (Å²) in [6.45, 7) is 9.27. The van der Waals surface area contributed by atoms with Crippen molar-refractivity contribution < 1.29 is 4.74 Å². The van der Waals surface area contributed by atoms with E-state index in [9.17, 15) is 0 Å². The topological polar surface area (TPSA) is 38.5 Å². The Morgan fingerprint density at radius 2 is 2.38 bits per heavy atom. The van der Waals surface area contributed by atoms with E-state index in [2.05, 4.69) is 18.7 Å². The Balaban J connectivity index is 2.18. The minimum atomic E-state index is 0.582. The molecule has 1 saturated heterocycles. The quantitative estimate of drug-likeness (QED) is 0.702. The van der Waals surface area contributed by atoms with Gasteiger partial charge in [0, 0.05) is 12.6 Å². The van der Waals surface area contributed by atoms with Gasteiger partial charge in [0.25, 0.3) is 0 Å². The third-order valence-corrected chi connectivity index (χ3v) is 2.82.